The summed E-state index contributed by atoms with van der Waals surface area (Å²) in [5.74, 6) is -0.593. The molecule has 0 aliphatic heterocycles. The molecule has 5 nitrogen and oxygen atoms in total. The van der Waals surface area contributed by atoms with Gasteiger partial charge in [-0.3, -0.25) is 20.4 Å². The van der Waals surface area contributed by atoms with Crippen LogP contribution in [0.5, 0.6) is 0 Å². The van der Waals surface area contributed by atoms with E-state index in [1.54, 1.807) is 24.3 Å². The van der Waals surface area contributed by atoms with Crippen LogP contribution in [0.1, 0.15) is 15.9 Å². The number of benzene rings is 2. The van der Waals surface area contributed by atoms with Crippen LogP contribution in [-0.2, 0) is 4.79 Å². The Morgan fingerprint density at radius 3 is 2.33 bits per heavy atom. The number of hydrogen-bond acceptors (Lipinski definition) is 3. The number of amides is 2. The largest absolute Gasteiger partial charge is 0.343 e. The zero-order valence-electron chi connectivity index (χ0n) is 11.7. The van der Waals surface area contributed by atoms with Crippen LogP contribution in [-0.4, -0.2) is 18.4 Å². The van der Waals surface area contributed by atoms with Gasteiger partial charge in [0.1, 0.15) is 0 Å². The molecule has 2 amide bonds. The summed E-state index contributed by atoms with van der Waals surface area (Å²) in [5.41, 5.74) is 7.73. The lowest BCUT2D eigenvalue weighted by Crippen LogP contribution is -2.39. The molecule has 0 saturated carbocycles. The van der Waals surface area contributed by atoms with Gasteiger partial charge in [-0.2, -0.15) is 0 Å². The van der Waals surface area contributed by atoms with Crippen molar-refractivity contribution in [2.75, 3.05) is 12.0 Å². The molecular formula is C16H17N3O2. The van der Waals surface area contributed by atoms with E-state index in [4.69, 9.17) is 0 Å². The van der Waals surface area contributed by atoms with E-state index in [1.807, 2.05) is 37.3 Å². The molecule has 0 aliphatic rings. The molecule has 108 valence electrons. The molecule has 0 radical (unpaired) electrons. The van der Waals surface area contributed by atoms with Gasteiger partial charge in [0.15, 0.2) is 0 Å². The zero-order valence-corrected chi connectivity index (χ0v) is 11.7. The van der Waals surface area contributed by atoms with Crippen LogP contribution < -0.4 is 16.2 Å². The van der Waals surface area contributed by atoms with Gasteiger partial charge in [-0.05, 0) is 30.7 Å². The van der Waals surface area contributed by atoms with Gasteiger partial charge in [-0.1, -0.05) is 36.4 Å². The molecule has 0 heterocycles. The minimum Gasteiger partial charge on any atom is -0.343 e. The minimum absolute atomic E-state index is 0.0907. The third-order valence-electron chi connectivity index (χ3n) is 2.93. The molecule has 0 saturated heterocycles. The third-order valence-corrected chi connectivity index (χ3v) is 2.93. The maximum absolute atomic E-state index is 11.8. The van der Waals surface area contributed by atoms with Crippen LogP contribution in [0.3, 0.4) is 0 Å². The van der Waals surface area contributed by atoms with E-state index < -0.39 is 0 Å². The Bertz CT molecular complexity index is 626. The van der Waals surface area contributed by atoms with Crippen molar-refractivity contribution in [2.24, 2.45) is 0 Å². The van der Waals surface area contributed by atoms with E-state index >= 15 is 0 Å². The molecule has 0 fully saturated rings. The summed E-state index contributed by atoms with van der Waals surface area (Å²) in [7, 11) is 0. The Morgan fingerprint density at radius 2 is 1.62 bits per heavy atom. The molecule has 0 unspecified atom stereocenters. The van der Waals surface area contributed by atoms with Gasteiger partial charge in [-0.15, -0.1) is 0 Å². The Hall–Kier alpha value is -2.82. The monoisotopic (exact) mass is 283 g/mol. The first-order valence-corrected chi connectivity index (χ1v) is 6.60. The second-order valence-corrected chi connectivity index (χ2v) is 4.54. The second-order valence-electron chi connectivity index (χ2n) is 4.54. The summed E-state index contributed by atoms with van der Waals surface area (Å²) < 4.78 is 0. The van der Waals surface area contributed by atoms with E-state index in [1.165, 1.54) is 0 Å². The highest BCUT2D eigenvalue weighted by atomic mass is 16.2. The fourth-order valence-electron chi connectivity index (χ4n) is 1.75. The van der Waals surface area contributed by atoms with Crippen LogP contribution >= 0.6 is 0 Å². The Kier molecular flexibility index (Phi) is 4.93. The number of rotatable bonds is 5. The number of para-hydroxylation sites is 1. The molecule has 21 heavy (non-hydrogen) atoms. The van der Waals surface area contributed by atoms with Crippen LogP contribution in [0, 0.1) is 6.92 Å². The summed E-state index contributed by atoms with van der Waals surface area (Å²) in [6.07, 6.45) is 0. The molecule has 0 bridgehead atoms. The highest BCUT2D eigenvalue weighted by molar-refractivity contribution is 5.96. The SMILES string of the molecule is Cc1ccccc1NNC(=O)CNC(=O)c1ccccc1. The van der Waals surface area contributed by atoms with E-state index in [9.17, 15) is 9.59 Å². The lowest BCUT2D eigenvalue weighted by Gasteiger charge is -2.11. The van der Waals surface area contributed by atoms with Crippen molar-refractivity contribution >= 4 is 17.5 Å². The molecular weight excluding hydrogens is 266 g/mol. The third kappa shape index (κ3) is 4.35. The first kappa shape index (κ1) is 14.6. The first-order valence-electron chi connectivity index (χ1n) is 6.60. The summed E-state index contributed by atoms with van der Waals surface area (Å²) in [5, 5.41) is 2.56. The molecule has 0 aromatic heterocycles. The van der Waals surface area contributed by atoms with Gasteiger partial charge in [0.05, 0.1) is 12.2 Å². The summed E-state index contributed by atoms with van der Waals surface area (Å²) in [6, 6.07) is 16.3. The molecule has 2 aromatic carbocycles. The number of hydrazine groups is 1. The summed E-state index contributed by atoms with van der Waals surface area (Å²) in [4.78, 5) is 23.4. The Morgan fingerprint density at radius 1 is 0.952 bits per heavy atom. The van der Waals surface area contributed by atoms with Gasteiger partial charge in [0.2, 0.25) is 0 Å². The van der Waals surface area contributed by atoms with Gasteiger partial charge in [0.25, 0.3) is 11.8 Å². The van der Waals surface area contributed by atoms with E-state index in [-0.39, 0.29) is 18.4 Å². The standard InChI is InChI=1S/C16H17N3O2/c1-12-7-5-6-10-14(12)18-19-15(20)11-17-16(21)13-8-3-2-4-9-13/h2-10,18H,11H2,1H3,(H,17,21)(H,19,20). The highest BCUT2D eigenvalue weighted by Gasteiger charge is 2.07. The zero-order chi connectivity index (χ0) is 15.1. The highest BCUT2D eigenvalue weighted by Crippen LogP contribution is 2.11. The van der Waals surface area contributed by atoms with Gasteiger partial charge in [-0.25, -0.2) is 0 Å². The van der Waals surface area contributed by atoms with Crippen molar-refractivity contribution in [3.8, 4) is 0 Å². The van der Waals surface area contributed by atoms with Crippen molar-refractivity contribution in [1.82, 2.24) is 10.7 Å². The lowest BCUT2D eigenvalue weighted by atomic mass is 10.2. The van der Waals surface area contributed by atoms with Crippen molar-refractivity contribution in [2.45, 2.75) is 6.92 Å². The fraction of sp³-hybridized carbons (Fsp3) is 0.125. The van der Waals surface area contributed by atoms with E-state index in [0.29, 0.717) is 5.56 Å². The fourth-order valence-corrected chi connectivity index (χ4v) is 1.75. The number of hydrogen-bond donors (Lipinski definition) is 3. The predicted octanol–water partition coefficient (Wildman–Crippen LogP) is 1.87. The van der Waals surface area contributed by atoms with Crippen LogP contribution in [0.2, 0.25) is 0 Å². The molecule has 2 rings (SSSR count). The van der Waals surface area contributed by atoms with Crippen LogP contribution in [0.25, 0.3) is 0 Å². The predicted molar refractivity (Wildman–Crippen MR) is 81.7 cm³/mol. The topological polar surface area (TPSA) is 70.2 Å². The summed E-state index contributed by atoms with van der Waals surface area (Å²) >= 11 is 0. The van der Waals surface area contributed by atoms with Crippen molar-refractivity contribution in [1.29, 1.82) is 0 Å². The lowest BCUT2D eigenvalue weighted by molar-refractivity contribution is -0.119. The van der Waals surface area contributed by atoms with E-state index in [2.05, 4.69) is 16.2 Å². The van der Waals surface area contributed by atoms with Crippen molar-refractivity contribution < 1.29 is 9.59 Å². The number of carbonyl (C=O) groups is 2. The molecule has 0 atom stereocenters. The number of anilines is 1. The van der Waals surface area contributed by atoms with Crippen LogP contribution in [0.4, 0.5) is 5.69 Å². The molecule has 3 N–H and O–H groups in total. The molecule has 0 spiro atoms. The van der Waals surface area contributed by atoms with Crippen molar-refractivity contribution in [3.63, 3.8) is 0 Å². The average molecular weight is 283 g/mol. The maximum Gasteiger partial charge on any atom is 0.257 e. The quantitative estimate of drug-likeness (QED) is 0.734. The van der Waals surface area contributed by atoms with Crippen LogP contribution in [0.15, 0.2) is 54.6 Å². The second kappa shape index (κ2) is 7.09. The summed E-state index contributed by atoms with van der Waals surface area (Å²) in [6.45, 7) is 1.85. The smallest absolute Gasteiger partial charge is 0.257 e. The Labute approximate surface area is 123 Å². The number of nitrogens with one attached hydrogen (secondary N) is 3. The van der Waals surface area contributed by atoms with Gasteiger partial charge >= 0.3 is 0 Å². The van der Waals surface area contributed by atoms with Crippen molar-refractivity contribution in [3.05, 3.63) is 65.7 Å². The maximum atomic E-state index is 11.8. The Balaban J connectivity index is 1.78. The molecule has 0 aliphatic carbocycles. The number of carbonyl (C=O) groups excluding carboxylic acids is 2. The minimum atomic E-state index is -0.317. The molecule has 5 heteroatoms. The van der Waals surface area contributed by atoms with Gasteiger partial charge < -0.3 is 5.32 Å². The first-order chi connectivity index (χ1) is 10.2. The van der Waals surface area contributed by atoms with Gasteiger partial charge in [0, 0.05) is 5.56 Å². The van der Waals surface area contributed by atoms with E-state index in [0.717, 1.165) is 11.3 Å². The normalized spacial score (nSPS) is 9.76. The molecule has 2 aromatic rings. The average Bonchev–Trinajstić information content (AvgIpc) is 2.52. The number of aryl methyl sites for hydroxylation is 1.